The molecular weight excluding hydrogens is 248 g/mol. The van der Waals surface area contributed by atoms with E-state index in [2.05, 4.69) is 31.3 Å². The first kappa shape index (κ1) is 14.1. The van der Waals surface area contributed by atoms with Gasteiger partial charge in [-0.1, -0.05) is 24.3 Å². The van der Waals surface area contributed by atoms with Gasteiger partial charge >= 0.3 is 0 Å². The molecule has 3 nitrogen and oxygen atoms in total. The topological polar surface area (TPSA) is 55.1 Å². The number of aryl methyl sites for hydroxylation is 2. The Morgan fingerprint density at radius 3 is 2.40 bits per heavy atom. The SMILES string of the molecule is Cc1cc(C(N)=O)ccc1NC(C)c1ccccc1C. The second kappa shape index (κ2) is 5.78. The summed E-state index contributed by atoms with van der Waals surface area (Å²) in [7, 11) is 0. The van der Waals surface area contributed by atoms with Crippen LogP contribution in [0.4, 0.5) is 5.69 Å². The Morgan fingerprint density at radius 2 is 1.80 bits per heavy atom. The first-order valence-corrected chi connectivity index (χ1v) is 6.71. The van der Waals surface area contributed by atoms with Crippen LogP contribution in [0, 0.1) is 13.8 Å². The van der Waals surface area contributed by atoms with Crippen molar-refractivity contribution in [2.24, 2.45) is 5.73 Å². The molecule has 0 saturated carbocycles. The normalized spacial score (nSPS) is 11.9. The molecule has 2 aromatic rings. The zero-order chi connectivity index (χ0) is 14.7. The number of hydrogen-bond donors (Lipinski definition) is 2. The number of primary amides is 1. The van der Waals surface area contributed by atoms with E-state index in [0.29, 0.717) is 5.56 Å². The Kier molecular flexibility index (Phi) is 4.08. The summed E-state index contributed by atoms with van der Waals surface area (Å²) in [5.74, 6) is -0.397. The summed E-state index contributed by atoms with van der Waals surface area (Å²) in [4.78, 5) is 11.2. The lowest BCUT2D eigenvalue weighted by Gasteiger charge is -2.19. The van der Waals surface area contributed by atoms with E-state index in [1.807, 2.05) is 31.2 Å². The van der Waals surface area contributed by atoms with Gasteiger partial charge in [-0.05, 0) is 55.7 Å². The molecule has 1 atom stereocenters. The molecule has 0 radical (unpaired) electrons. The predicted octanol–water partition coefficient (Wildman–Crippen LogP) is 3.58. The molecule has 0 aromatic heterocycles. The van der Waals surface area contributed by atoms with E-state index in [1.165, 1.54) is 11.1 Å². The van der Waals surface area contributed by atoms with Crippen molar-refractivity contribution in [2.75, 3.05) is 5.32 Å². The lowest BCUT2D eigenvalue weighted by atomic mass is 10.0. The highest BCUT2D eigenvalue weighted by Gasteiger charge is 2.10. The van der Waals surface area contributed by atoms with Crippen LogP contribution in [-0.2, 0) is 0 Å². The van der Waals surface area contributed by atoms with Crippen molar-refractivity contribution in [1.82, 2.24) is 0 Å². The molecule has 3 heteroatoms. The number of carbonyl (C=O) groups is 1. The third kappa shape index (κ3) is 2.99. The monoisotopic (exact) mass is 268 g/mol. The van der Waals surface area contributed by atoms with Crippen LogP contribution in [0.25, 0.3) is 0 Å². The Bertz CT molecular complexity index is 635. The number of nitrogens with two attached hydrogens (primary N) is 1. The Labute approximate surface area is 119 Å². The summed E-state index contributed by atoms with van der Waals surface area (Å²) >= 11 is 0. The quantitative estimate of drug-likeness (QED) is 0.890. The van der Waals surface area contributed by atoms with E-state index < -0.39 is 5.91 Å². The summed E-state index contributed by atoms with van der Waals surface area (Å²) in [6.45, 7) is 6.21. The number of rotatable bonds is 4. The van der Waals surface area contributed by atoms with E-state index in [1.54, 1.807) is 6.07 Å². The molecular formula is C17H20N2O. The van der Waals surface area contributed by atoms with Gasteiger partial charge in [0.15, 0.2) is 0 Å². The number of carbonyl (C=O) groups excluding carboxylic acids is 1. The predicted molar refractivity (Wildman–Crippen MR) is 82.9 cm³/mol. The van der Waals surface area contributed by atoms with Crippen LogP contribution in [0.3, 0.4) is 0 Å². The molecule has 2 aromatic carbocycles. The number of anilines is 1. The standard InChI is InChI=1S/C17H20N2O/c1-11-6-4-5-7-15(11)13(3)19-16-9-8-14(17(18)20)10-12(16)2/h4-10,13,19H,1-3H3,(H2,18,20). The van der Waals surface area contributed by atoms with Crippen molar-refractivity contribution in [3.8, 4) is 0 Å². The minimum atomic E-state index is -0.397. The summed E-state index contributed by atoms with van der Waals surface area (Å²) in [5.41, 5.74) is 10.4. The average Bonchev–Trinajstić information content (AvgIpc) is 2.41. The van der Waals surface area contributed by atoms with Crippen LogP contribution in [0.1, 0.15) is 40.0 Å². The van der Waals surface area contributed by atoms with E-state index in [0.717, 1.165) is 11.3 Å². The highest BCUT2D eigenvalue weighted by atomic mass is 16.1. The molecule has 0 saturated heterocycles. The second-order valence-electron chi connectivity index (χ2n) is 5.12. The highest BCUT2D eigenvalue weighted by molar-refractivity contribution is 5.93. The number of amides is 1. The summed E-state index contributed by atoms with van der Waals surface area (Å²) in [5, 5.41) is 3.48. The van der Waals surface area contributed by atoms with Gasteiger partial charge in [-0.15, -0.1) is 0 Å². The second-order valence-corrected chi connectivity index (χ2v) is 5.12. The molecule has 3 N–H and O–H groups in total. The third-order valence-corrected chi connectivity index (χ3v) is 3.54. The van der Waals surface area contributed by atoms with Gasteiger partial charge in [0.2, 0.25) is 5.91 Å². The van der Waals surface area contributed by atoms with Crippen LogP contribution in [0.5, 0.6) is 0 Å². The number of nitrogens with one attached hydrogen (secondary N) is 1. The molecule has 0 aliphatic heterocycles. The maximum atomic E-state index is 11.2. The molecule has 0 bridgehead atoms. The minimum Gasteiger partial charge on any atom is -0.378 e. The largest absolute Gasteiger partial charge is 0.378 e. The smallest absolute Gasteiger partial charge is 0.248 e. The van der Waals surface area contributed by atoms with Crippen molar-refractivity contribution >= 4 is 11.6 Å². The summed E-state index contributed by atoms with van der Waals surface area (Å²) < 4.78 is 0. The first-order valence-electron chi connectivity index (χ1n) is 6.71. The Morgan fingerprint density at radius 1 is 1.10 bits per heavy atom. The van der Waals surface area contributed by atoms with Crippen LogP contribution in [0.2, 0.25) is 0 Å². The van der Waals surface area contributed by atoms with E-state index in [-0.39, 0.29) is 6.04 Å². The van der Waals surface area contributed by atoms with Crippen LogP contribution in [-0.4, -0.2) is 5.91 Å². The van der Waals surface area contributed by atoms with Gasteiger partial charge in [0.05, 0.1) is 0 Å². The lowest BCUT2D eigenvalue weighted by Crippen LogP contribution is -2.12. The van der Waals surface area contributed by atoms with E-state index in [9.17, 15) is 4.79 Å². The van der Waals surface area contributed by atoms with Crippen molar-refractivity contribution < 1.29 is 4.79 Å². The zero-order valence-electron chi connectivity index (χ0n) is 12.1. The molecule has 0 fully saturated rings. The maximum absolute atomic E-state index is 11.2. The van der Waals surface area contributed by atoms with Crippen molar-refractivity contribution in [3.05, 3.63) is 64.7 Å². The summed E-state index contributed by atoms with van der Waals surface area (Å²) in [6, 6.07) is 14.0. The Hall–Kier alpha value is -2.29. The average molecular weight is 268 g/mol. The highest BCUT2D eigenvalue weighted by Crippen LogP contribution is 2.24. The van der Waals surface area contributed by atoms with Crippen LogP contribution >= 0.6 is 0 Å². The molecule has 1 unspecified atom stereocenters. The van der Waals surface area contributed by atoms with Gasteiger partial charge in [0.1, 0.15) is 0 Å². The fourth-order valence-corrected chi connectivity index (χ4v) is 2.36. The molecule has 0 aliphatic rings. The van der Waals surface area contributed by atoms with Gasteiger partial charge in [-0.3, -0.25) is 4.79 Å². The molecule has 0 heterocycles. The number of hydrogen-bond acceptors (Lipinski definition) is 2. The minimum absolute atomic E-state index is 0.203. The summed E-state index contributed by atoms with van der Waals surface area (Å²) in [6.07, 6.45) is 0. The van der Waals surface area contributed by atoms with Crippen molar-refractivity contribution in [1.29, 1.82) is 0 Å². The van der Waals surface area contributed by atoms with Gasteiger partial charge in [-0.2, -0.15) is 0 Å². The van der Waals surface area contributed by atoms with Gasteiger partial charge in [0.25, 0.3) is 0 Å². The fraction of sp³-hybridized carbons (Fsp3) is 0.235. The molecule has 104 valence electrons. The van der Waals surface area contributed by atoms with Crippen molar-refractivity contribution in [2.45, 2.75) is 26.8 Å². The van der Waals surface area contributed by atoms with Crippen LogP contribution in [0.15, 0.2) is 42.5 Å². The molecule has 2 rings (SSSR count). The van der Waals surface area contributed by atoms with E-state index in [4.69, 9.17) is 5.73 Å². The number of benzene rings is 2. The van der Waals surface area contributed by atoms with Gasteiger partial charge in [0, 0.05) is 17.3 Å². The molecule has 0 spiro atoms. The molecule has 20 heavy (non-hydrogen) atoms. The zero-order valence-corrected chi connectivity index (χ0v) is 12.1. The maximum Gasteiger partial charge on any atom is 0.248 e. The molecule has 1 amide bonds. The third-order valence-electron chi connectivity index (χ3n) is 3.54. The van der Waals surface area contributed by atoms with Gasteiger partial charge in [-0.25, -0.2) is 0 Å². The Balaban J connectivity index is 2.22. The molecule has 0 aliphatic carbocycles. The van der Waals surface area contributed by atoms with Crippen molar-refractivity contribution in [3.63, 3.8) is 0 Å². The lowest BCUT2D eigenvalue weighted by molar-refractivity contribution is 0.1000. The van der Waals surface area contributed by atoms with Gasteiger partial charge < -0.3 is 11.1 Å². The van der Waals surface area contributed by atoms with Crippen LogP contribution < -0.4 is 11.1 Å². The van der Waals surface area contributed by atoms with E-state index >= 15 is 0 Å². The fourth-order valence-electron chi connectivity index (χ4n) is 2.36. The first-order chi connectivity index (χ1) is 9.49.